The topological polar surface area (TPSA) is 75.7 Å². The van der Waals surface area contributed by atoms with E-state index in [0.717, 1.165) is 15.4 Å². The van der Waals surface area contributed by atoms with Crippen LogP contribution in [0, 0.1) is 19.7 Å². The number of benzene rings is 2. The molecule has 27 heavy (non-hydrogen) atoms. The van der Waals surface area contributed by atoms with Gasteiger partial charge < -0.3 is 10.1 Å². The Hall–Kier alpha value is -2.45. The van der Waals surface area contributed by atoms with Gasteiger partial charge in [0, 0.05) is 18.7 Å². The van der Waals surface area contributed by atoms with Crippen molar-refractivity contribution < 1.29 is 22.3 Å². The minimum atomic E-state index is -4.11. The van der Waals surface area contributed by atoms with E-state index in [9.17, 15) is 17.6 Å². The van der Waals surface area contributed by atoms with Crippen LogP contribution in [0.5, 0.6) is 5.75 Å². The summed E-state index contributed by atoms with van der Waals surface area (Å²) in [6, 6.07) is 7.57. The zero-order valence-corrected chi connectivity index (χ0v) is 16.1. The van der Waals surface area contributed by atoms with Crippen molar-refractivity contribution in [1.82, 2.24) is 9.62 Å². The fourth-order valence-corrected chi connectivity index (χ4v) is 4.94. The van der Waals surface area contributed by atoms with E-state index >= 15 is 0 Å². The molecule has 1 fully saturated rings. The highest BCUT2D eigenvalue weighted by atomic mass is 32.2. The van der Waals surface area contributed by atoms with Gasteiger partial charge in [-0.2, -0.15) is 4.31 Å². The number of methoxy groups -OCH3 is 1. The molecule has 0 saturated carbocycles. The molecule has 0 bridgehead atoms. The Balaban J connectivity index is 2.16. The van der Waals surface area contributed by atoms with Crippen LogP contribution >= 0.6 is 0 Å². The Bertz CT molecular complexity index is 991. The molecule has 1 aliphatic heterocycles. The van der Waals surface area contributed by atoms with Gasteiger partial charge in [0.2, 0.25) is 15.9 Å². The van der Waals surface area contributed by atoms with Gasteiger partial charge in [0.25, 0.3) is 0 Å². The molecule has 1 unspecified atom stereocenters. The number of carbonyl (C=O) groups is 1. The lowest BCUT2D eigenvalue weighted by atomic mass is 10.0. The lowest BCUT2D eigenvalue weighted by Gasteiger charge is -2.34. The normalized spacial score (nSPS) is 18.2. The first-order chi connectivity index (χ1) is 12.8. The molecule has 8 heteroatoms. The van der Waals surface area contributed by atoms with Gasteiger partial charge in [-0.15, -0.1) is 0 Å². The Morgan fingerprint density at radius 3 is 2.52 bits per heavy atom. The third-order valence-electron chi connectivity index (χ3n) is 4.73. The summed E-state index contributed by atoms with van der Waals surface area (Å²) in [7, 11) is -2.72. The Morgan fingerprint density at radius 2 is 1.85 bits per heavy atom. The van der Waals surface area contributed by atoms with Crippen LogP contribution in [0.15, 0.2) is 41.3 Å². The van der Waals surface area contributed by atoms with Crippen LogP contribution in [0.1, 0.15) is 22.7 Å². The second kappa shape index (κ2) is 7.28. The summed E-state index contributed by atoms with van der Waals surface area (Å²) in [6.07, 6.45) is 0. The lowest BCUT2D eigenvalue weighted by molar-refractivity contribution is -0.127. The largest absolute Gasteiger partial charge is 0.495 e. The molecular formula is C19H21FN2O4S. The van der Waals surface area contributed by atoms with E-state index < -0.39 is 27.8 Å². The molecule has 1 atom stereocenters. The van der Waals surface area contributed by atoms with Crippen LogP contribution in [-0.4, -0.2) is 38.8 Å². The van der Waals surface area contributed by atoms with Crippen LogP contribution in [0.4, 0.5) is 4.39 Å². The number of piperazine rings is 1. The van der Waals surface area contributed by atoms with Crippen LogP contribution in [-0.2, 0) is 14.8 Å². The number of hydrogen-bond donors (Lipinski definition) is 1. The van der Waals surface area contributed by atoms with Crippen molar-refractivity contribution in [3.63, 3.8) is 0 Å². The Kier molecular flexibility index (Phi) is 5.21. The van der Waals surface area contributed by atoms with Crippen LogP contribution in [0.2, 0.25) is 0 Å². The molecule has 0 radical (unpaired) electrons. The molecule has 1 aliphatic rings. The number of nitrogens with zero attached hydrogens (tertiary/aromatic N) is 1. The molecule has 2 aromatic rings. The van der Waals surface area contributed by atoms with Gasteiger partial charge in [-0.3, -0.25) is 4.79 Å². The quantitative estimate of drug-likeness (QED) is 0.866. The van der Waals surface area contributed by atoms with Gasteiger partial charge in [0.15, 0.2) is 0 Å². The molecule has 144 valence electrons. The maximum absolute atomic E-state index is 14.3. The highest BCUT2D eigenvalue weighted by Crippen LogP contribution is 2.35. The number of nitrogens with one attached hydrogen (secondary N) is 1. The zero-order valence-electron chi connectivity index (χ0n) is 15.3. The second-order valence-electron chi connectivity index (χ2n) is 6.42. The first kappa shape index (κ1) is 19.3. The number of hydrogen-bond acceptors (Lipinski definition) is 4. The van der Waals surface area contributed by atoms with E-state index in [4.69, 9.17) is 4.74 Å². The third kappa shape index (κ3) is 3.42. The smallest absolute Gasteiger partial charge is 0.247 e. The van der Waals surface area contributed by atoms with Gasteiger partial charge in [-0.1, -0.05) is 18.2 Å². The predicted octanol–water partition coefficient (Wildman–Crippen LogP) is 2.31. The van der Waals surface area contributed by atoms with Crippen LogP contribution in [0.3, 0.4) is 0 Å². The maximum atomic E-state index is 14.3. The summed E-state index contributed by atoms with van der Waals surface area (Å²) in [6.45, 7) is 3.83. The SMILES string of the molecule is COc1cc(C)c(C)cc1S(=O)(=O)N1CCNC(=O)C1c1ccccc1F. The summed E-state index contributed by atoms with van der Waals surface area (Å²) in [5.41, 5.74) is 1.67. The fourth-order valence-electron chi connectivity index (χ4n) is 3.15. The average Bonchev–Trinajstić information content (AvgIpc) is 2.64. The highest BCUT2D eigenvalue weighted by Gasteiger charge is 2.41. The number of amides is 1. The number of halogens is 1. The van der Waals surface area contributed by atoms with Crippen molar-refractivity contribution in [2.45, 2.75) is 24.8 Å². The third-order valence-corrected chi connectivity index (χ3v) is 6.62. The minimum absolute atomic E-state index is 0.0149. The van der Waals surface area contributed by atoms with Gasteiger partial charge >= 0.3 is 0 Å². The molecule has 1 amide bonds. The molecule has 0 spiro atoms. The average molecular weight is 392 g/mol. The number of aryl methyl sites for hydroxylation is 2. The predicted molar refractivity (Wildman–Crippen MR) is 98.5 cm³/mol. The zero-order chi connectivity index (χ0) is 19.8. The molecule has 3 rings (SSSR count). The van der Waals surface area contributed by atoms with Gasteiger partial charge in [-0.05, 0) is 43.2 Å². The first-order valence-electron chi connectivity index (χ1n) is 8.46. The molecule has 1 saturated heterocycles. The van der Waals surface area contributed by atoms with E-state index in [1.807, 2.05) is 6.92 Å². The first-order valence-corrected chi connectivity index (χ1v) is 9.90. The molecular weight excluding hydrogens is 371 g/mol. The Morgan fingerprint density at radius 1 is 1.19 bits per heavy atom. The minimum Gasteiger partial charge on any atom is -0.495 e. The summed E-state index contributed by atoms with van der Waals surface area (Å²) in [4.78, 5) is 12.5. The monoisotopic (exact) mass is 392 g/mol. The lowest BCUT2D eigenvalue weighted by Crippen LogP contribution is -2.52. The van der Waals surface area contributed by atoms with Gasteiger partial charge in [-0.25, -0.2) is 12.8 Å². The van der Waals surface area contributed by atoms with E-state index in [0.29, 0.717) is 0 Å². The Labute approximate surface area is 158 Å². The molecule has 0 aliphatic carbocycles. The van der Waals surface area contributed by atoms with Crippen molar-refractivity contribution >= 4 is 15.9 Å². The molecule has 0 aromatic heterocycles. The number of rotatable bonds is 4. The van der Waals surface area contributed by atoms with E-state index in [2.05, 4.69) is 5.32 Å². The van der Waals surface area contributed by atoms with Crippen LogP contribution < -0.4 is 10.1 Å². The number of carbonyl (C=O) groups excluding carboxylic acids is 1. The number of ether oxygens (including phenoxy) is 1. The molecule has 1 heterocycles. The van der Waals surface area contributed by atoms with Crippen LogP contribution in [0.25, 0.3) is 0 Å². The fraction of sp³-hybridized carbons (Fsp3) is 0.316. The molecule has 1 N–H and O–H groups in total. The van der Waals surface area contributed by atoms with Gasteiger partial charge in [0.1, 0.15) is 22.5 Å². The van der Waals surface area contributed by atoms with Crippen molar-refractivity contribution in [2.75, 3.05) is 20.2 Å². The second-order valence-corrected chi connectivity index (χ2v) is 8.28. The summed E-state index contributed by atoms with van der Waals surface area (Å²) < 4.78 is 47.5. The van der Waals surface area contributed by atoms with Gasteiger partial charge in [0.05, 0.1) is 7.11 Å². The number of sulfonamides is 1. The van der Waals surface area contributed by atoms with Crippen molar-refractivity contribution in [3.05, 3.63) is 58.9 Å². The molecule has 2 aromatic carbocycles. The van der Waals surface area contributed by atoms with Crippen molar-refractivity contribution in [3.8, 4) is 5.75 Å². The highest BCUT2D eigenvalue weighted by molar-refractivity contribution is 7.89. The van der Waals surface area contributed by atoms with Crippen molar-refractivity contribution in [1.29, 1.82) is 0 Å². The van der Waals surface area contributed by atoms with E-state index in [-0.39, 0.29) is 29.3 Å². The summed E-state index contributed by atoms with van der Waals surface area (Å²) >= 11 is 0. The summed E-state index contributed by atoms with van der Waals surface area (Å²) in [5.74, 6) is -0.999. The van der Waals surface area contributed by atoms with E-state index in [1.54, 1.807) is 19.1 Å². The maximum Gasteiger partial charge on any atom is 0.247 e. The molecule has 6 nitrogen and oxygen atoms in total. The summed E-state index contributed by atoms with van der Waals surface area (Å²) in [5, 5.41) is 2.62. The van der Waals surface area contributed by atoms with Crippen molar-refractivity contribution in [2.24, 2.45) is 0 Å². The van der Waals surface area contributed by atoms with E-state index in [1.165, 1.54) is 31.4 Å². The standard InChI is InChI=1S/C19H21FN2O4S/c1-12-10-16(26-3)17(11-13(12)2)27(24,25)22-9-8-21-19(23)18(22)14-6-4-5-7-15(14)20/h4-7,10-11,18H,8-9H2,1-3H3,(H,21,23).